The fraction of sp³-hybridized carbons (Fsp3) is 0.294. The number of aryl methyl sites for hydroxylation is 1. The summed E-state index contributed by atoms with van der Waals surface area (Å²) in [5, 5.41) is 0. The molecule has 2 N–H and O–H groups in total. The number of hydrogen-bond acceptors (Lipinski definition) is 2. The number of methoxy groups -OCH3 is 1. The molecule has 20 heavy (non-hydrogen) atoms. The maximum absolute atomic E-state index is 5.97. The molecule has 106 valence electrons. The minimum atomic E-state index is 0.304. The number of hydrogen-bond donors (Lipinski definition) is 1. The van der Waals surface area contributed by atoms with Crippen LogP contribution >= 0.6 is 15.9 Å². The predicted octanol–water partition coefficient (Wildman–Crippen LogP) is 4.05. The first-order valence-electron chi connectivity index (χ1n) is 6.73. The largest absolute Gasteiger partial charge is 0.496 e. The van der Waals surface area contributed by atoms with Crippen LogP contribution in [0.2, 0.25) is 0 Å². The van der Waals surface area contributed by atoms with Crippen LogP contribution in [0.15, 0.2) is 46.9 Å². The molecule has 0 saturated heterocycles. The number of rotatable bonds is 5. The summed E-state index contributed by atoms with van der Waals surface area (Å²) in [6.07, 6.45) is 0.877. The SMILES string of the molecule is COc1ccc(Br)cc1CC(CN)c1ccc(C)cc1. The van der Waals surface area contributed by atoms with Gasteiger partial charge in [-0.1, -0.05) is 45.8 Å². The van der Waals surface area contributed by atoms with Gasteiger partial charge in [0.25, 0.3) is 0 Å². The van der Waals surface area contributed by atoms with Gasteiger partial charge in [-0.3, -0.25) is 0 Å². The monoisotopic (exact) mass is 333 g/mol. The summed E-state index contributed by atoms with van der Waals surface area (Å²) in [4.78, 5) is 0. The molecule has 0 bridgehead atoms. The lowest BCUT2D eigenvalue weighted by molar-refractivity contribution is 0.408. The predicted molar refractivity (Wildman–Crippen MR) is 87.4 cm³/mol. The Morgan fingerprint density at radius 2 is 1.85 bits per heavy atom. The highest BCUT2D eigenvalue weighted by Gasteiger charge is 2.14. The van der Waals surface area contributed by atoms with Crippen molar-refractivity contribution in [2.24, 2.45) is 5.73 Å². The van der Waals surface area contributed by atoms with Crippen molar-refractivity contribution in [3.63, 3.8) is 0 Å². The number of benzene rings is 2. The van der Waals surface area contributed by atoms with Crippen LogP contribution in [-0.4, -0.2) is 13.7 Å². The third-order valence-corrected chi connectivity index (χ3v) is 4.04. The second-order valence-electron chi connectivity index (χ2n) is 5.00. The van der Waals surface area contributed by atoms with Crippen molar-refractivity contribution >= 4 is 15.9 Å². The molecule has 0 heterocycles. The Bertz CT molecular complexity index is 566. The van der Waals surface area contributed by atoms with Crippen LogP contribution in [0.1, 0.15) is 22.6 Å². The summed E-state index contributed by atoms with van der Waals surface area (Å²) < 4.78 is 6.50. The van der Waals surface area contributed by atoms with E-state index < -0.39 is 0 Å². The van der Waals surface area contributed by atoms with Gasteiger partial charge in [0.05, 0.1) is 7.11 Å². The Morgan fingerprint density at radius 3 is 2.45 bits per heavy atom. The summed E-state index contributed by atoms with van der Waals surface area (Å²) in [5.41, 5.74) is 9.69. The Hall–Kier alpha value is -1.32. The fourth-order valence-electron chi connectivity index (χ4n) is 2.35. The normalized spacial score (nSPS) is 12.2. The number of nitrogens with two attached hydrogens (primary N) is 1. The van der Waals surface area contributed by atoms with E-state index in [2.05, 4.69) is 53.2 Å². The van der Waals surface area contributed by atoms with Crippen molar-refractivity contribution in [3.8, 4) is 5.75 Å². The molecule has 0 radical (unpaired) electrons. The van der Waals surface area contributed by atoms with Crippen LogP contribution in [0.25, 0.3) is 0 Å². The molecule has 0 aliphatic carbocycles. The third-order valence-electron chi connectivity index (χ3n) is 3.54. The van der Waals surface area contributed by atoms with Gasteiger partial charge in [0.2, 0.25) is 0 Å². The van der Waals surface area contributed by atoms with Crippen LogP contribution in [0.4, 0.5) is 0 Å². The maximum atomic E-state index is 5.97. The molecule has 2 aromatic carbocycles. The van der Waals surface area contributed by atoms with Gasteiger partial charge >= 0.3 is 0 Å². The van der Waals surface area contributed by atoms with E-state index in [1.807, 2.05) is 12.1 Å². The molecule has 0 aliphatic rings. The highest BCUT2D eigenvalue weighted by Crippen LogP contribution is 2.28. The standard InChI is InChI=1S/C17H20BrNO/c1-12-3-5-13(6-4-12)15(11-19)9-14-10-16(18)7-8-17(14)20-2/h3-8,10,15H,9,11,19H2,1-2H3. The minimum absolute atomic E-state index is 0.304. The Morgan fingerprint density at radius 1 is 1.15 bits per heavy atom. The summed E-state index contributed by atoms with van der Waals surface area (Å²) in [5.74, 6) is 1.22. The van der Waals surface area contributed by atoms with Crippen molar-refractivity contribution in [1.29, 1.82) is 0 Å². The molecule has 1 atom stereocenters. The average Bonchev–Trinajstić information content (AvgIpc) is 2.46. The van der Waals surface area contributed by atoms with Gasteiger partial charge in [-0.15, -0.1) is 0 Å². The molecule has 3 heteroatoms. The van der Waals surface area contributed by atoms with Gasteiger partial charge in [0, 0.05) is 10.4 Å². The van der Waals surface area contributed by atoms with Gasteiger partial charge in [-0.2, -0.15) is 0 Å². The van der Waals surface area contributed by atoms with E-state index >= 15 is 0 Å². The van der Waals surface area contributed by atoms with Crippen molar-refractivity contribution in [2.75, 3.05) is 13.7 Å². The quantitative estimate of drug-likeness (QED) is 0.895. The van der Waals surface area contributed by atoms with Crippen molar-refractivity contribution in [2.45, 2.75) is 19.3 Å². The zero-order chi connectivity index (χ0) is 14.5. The molecule has 0 spiro atoms. The zero-order valence-electron chi connectivity index (χ0n) is 11.9. The van der Waals surface area contributed by atoms with Crippen LogP contribution < -0.4 is 10.5 Å². The molecule has 0 amide bonds. The lowest BCUT2D eigenvalue weighted by Crippen LogP contribution is -2.15. The van der Waals surface area contributed by atoms with E-state index in [1.165, 1.54) is 16.7 Å². The van der Waals surface area contributed by atoms with E-state index in [4.69, 9.17) is 10.5 Å². The zero-order valence-corrected chi connectivity index (χ0v) is 13.5. The van der Waals surface area contributed by atoms with Gasteiger partial charge in [-0.05, 0) is 49.2 Å². The van der Waals surface area contributed by atoms with Gasteiger partial charge < -0.3 is 10.5 Å². The molecule has 2 aromatic rings. The molecule has 0 aliphatic heterocycles. The molecular formula is C17H20BrNO. The molecule has 0 aromatic heterocycles. The Balaban J connectivity index is 2.26. The number of ether oxygens (including phenoxy) is 1. The Kier molecular flexibility index (Phi) is 5.21. The third kappa shape index (κ3) is 3.62. The minimum Gasteiger partial charge on any atom is -0.496 e. The smallest absolute Gasteiger partial charge is 0.122 e. The number of halogens is 1. The summed E-state index contributed by atoms with van der Waals surface area (Å²) in [6.45, 7) is 2.72. The van der Waals surface area contributed by atoms with Crippen molar-refractivity contribution in [3.05, 3.63) is 63.6 Å². The second-order valence-corrected chi connectivity index (χ2v) is 5.92. The highest BCUT2D eigenvalue weighted by molar-refractivity contribution is 9.10. The van der Waals surface area contributed by atoms with Crippen molar-refractivity contribution in [1.82, 2.24) is 0 Å². The van der Waals surface area contributed by atoms with Gasteiger partial charge in [0.15, 0.2) is 0 Å². The van der Waals surface area contributed by atoms with Gasteiger partial charge in [0.1, 0.15) is 5.75 Å². The maximum Gasteiger partial charge on any atom is 0.122 e. The van der Waals surface area contributed by atoms with Crippen LogP contribution in [0.3, 0.4) is 0 Å². The summed E-state index contributed by atoms with van der Waals surface area (Å²) >= 11 is 3.52. The van der Waals surface area contributed by atoms with E-state index in [-0.39, 0.29) is 0 Å². The first-order chi connectivity index (χ1) is 9.63. The molecule has 1 unspecified atom stereocenters. The molecule has 0 fully saturated rings. The van der Waals surface area contributed by atoms with Crippen molar-refractivity contribution < 1.29 is 4.74 Å². The van der Waals surface area contributed by atoms with E-state index in [9.17, 15) is 0 Å². The first kappa shape index (κ1) is 15.1. The molecular weight excluding hydrogens is 314 g/mol. The first-order valence-corrected chi connectivity index (χ1v) is 7.52. The van der Waals surface area contributed by atoms with E-state index in [0.29, 0.717) is 12.5 Å². The lowest BCUT2D eigenvalue weighted by Gasteiger charge is -2.17. The summed E-state index contributed by atoms with van der Waals surface area (Å²) in [7, 11) is 1.70. The Labute approximate surface area is 129 Å². The van der Waals surface area contributed by atoms with Crippen LogP contribution in [-0.2, 0) is 6.42 Å². The second kappa shape index (κ2) is 6.91. The highest BCUT2D eigenvalue weighted by atomic mass is 79.9. The van der Waals surface area contributed by atoms with Crippen LogP contribution in [0.5, 0.6) is 5.75 Å². The van der Waals surface area contributed by atoms with Crippen LogP contribution in [0, 0.1) is 6.92 Å². The van der Waals surface area contributed by atoms with E-state index in [1.54, 1.807) is 7.11 Å². The fourth-order valence-corrected chi connectivity index (χ4v) is 2.76. The molecule has 2 rings (SSSR count). The topological polar surface area (TPSA) is 35.2 Å². The average molecular weight is 334 g/mol. The molecule has 2 nitrogen and oxygen atoms in total. The molecule has 0 saturated carbocycles. The van der Waals surface area contributed by atoms with Gasteiger partial charge in [-0.25, -0.2) is 0 Å². The lowest BCUT2D eigenvalue weighted by atomic mass is 9.91. The summed E-state index contributed by atoms with van der Waals surface area (Å²) in [6, 6.07) is 14.7. The van der Waals surface area contributed by atoms with E-state index in [0.717, 1.165) is 16.6 Å².